The van der Waals surface area contributed by atoms with Crippen LogP contribution in [0.1, 0.15) is 33.0 Å². The number of hydrogen-bond donors (Lipinski definition) is 0. The molecule has 0 bridgehead atoms. The topological polar surface area (TPSA) is 46.1 Å². The van der Waals surface area contributed by atoms with Crippen LogP contribution in [0.4, 0.5) is 0 Å². The number of carbonyl (C=O) groups excluding carboxylic acids is 1. The first-order valence-electron chi connectivity index (χ1n) is 10.3. The van der Waals surface area contributed by atoms with E-state index >= 15 is 0 Å². The summed E-state index contributed by atoms with van der Waals surface area (Å²) in [5.41, 5.74) is 6.39. The molecule has 1 amide bonds. The third kappa shape index (κ3) is 4.69. The van der Waals surface area contributed by atoms with Crippen LogP contribution in [0, 0.1) is 0 Å². The van der Waals surface area contributed by atoms with E-state index in [9.17, 15) is 4.79 Å². The molecular formula is C27H25N3O. The zero-order chi connectivity index (χ0) is 21.6. The lowest BCUT2D eigenvalue weighted by molar-refractivity contribution is 0.0827. The average Bonchev–Trinajstić information content (AvgIpc) is 2.83. The Morgan fingerprint density at radius 1 is 0.839 bits per heavy atom. The molecule has 0 saturated carbocycles. The maximum atomic E-state index is 12.5. The number of benzene rings is 2. The van der Waals surface area contributed by atoms with Crippen molar-refractivity contribution in [1.29, 1.82) is 0 Å². The summed E-state index contributed by atoms with van der Waals surface area (Å²) >= 11 is 0. The van der Waals surface area contributed by atoms with Crippen molar-refractivity contribution in [3.8, 4) is 11.1 Å². The summed E-state index contributed by atoms with van der Waals surface area (Å²) in [7, 11) is 3.55. The first-order valence-corrected chi connectivity index (χ1v) is 10.3. The molecule has 0 N–H and O–H groups in total. The van der Waals surface area contributed by atoms with Crippen LogP contribution in [-0.2, 0) is 6.42 Å². The third-order valence-electron chi connectivity index (χ3n) is 5.44. The highest BCUT2D eigenvalue weighted by atomic mass is 16.2. The maximum Gasteiger partial charge on any atom is 0.253 e. The fourth-order valence-electron chi connectivity index (χ4n) is 3.87. The predicted molar refractivity (Wildman–Crippen MR) is 124 cm³/mol. The van der Waals surface area contributed by atoms with Gasteiger partial charge in [0.2, 0.25) is 0 Å². The van der Waals surface area contributed by atoms with Crippen molar-refractivity contribution in [2.75, 3.05) is 14.1 Å². The van der Waals surface area contributed by atoms with Gasteiger partial charge in [-0.3, -0.25) is 14.8 Å². The van der Waals surface area contributed by atoms with Crippen molar-refractivity contribution in [2.45, 2.75) is 12.3 Å². The quantitative estimate of drug-likeness (QED) is 0.440. The van der Waals surface area contributed by atoms with E-state index in [0.717, 1.165) is 28.7 Å². The van der Waals surface area contributed by atoms with Crippen molar-refractivity contribution in [3.63, 3.8) is 0 Å². The van der Waals surface area contributed by atoms with Gasteiger partial charge in [0.1, 0.15) is 0 Å². The molecule has 4 heteroatoms. The van der Waals surface area contributed by atoms with Gasteiger partial charge in [-0.1, -0.05) is 48.5 Å². The molecule has 0 fully saturated rings. The van der Waals surface area contributed by atoms with E-state index in [1.54, 1.807) is 31.4 Å². The molecule has 2 aromatic carbocycles. The van der Waals surface area contributed by atoms with Gasteiger partial charge in [0.25, 0.3) is 5.91 Å². The molecule has 0 aliphatic heterocycles. The molecule has 0 radical (unpaired) electrons. The lowest BCUT2D eigenvalue weighted by Gasteiger charge is -2.20. The molecule has 0 aliphatic rings. The van der Waals surface area contributed by atoms with E-state index in [4.69, 9.17) is 0 Å². The average molecular weight is 408 g/mol. The Morgan fingerprint density at radius 2 is 1.52 bits per heavy atom. The molecule has 0 aliphatic carbocycles. The summed E-state index contributed by atoms with van der Waals surface area (Å²) in [6, 6.07) is 24.4. The second-order valence-electron chi connectivity index (χ2n) is 7.77. The molecule has 2 aromatic heterocycles. The standard InChI is InChI=1S/C27H25N3O/c1-30(2)27(31)22-10-5-9-20(16-22)25-13-4-3-8-21(25)17-26(23-11-6-14-28-18-23)24-12-7-15-29-19-24/h3-16,18-19,26H,17H2,1-2H3. The molecule has 4 nitrogen and oxygen atoms in total. The van der Waals surface area contributed by atoms with Gasteiger partial charge in [-0.05, 0) is 58.5 Å². The van der Waals surface area contributed by atoms with E-state index < -0.39 is 0 Å². The summed E-state index contributed by atoms with van der Waals surface area (Å²) < 4.78 is 0. The minimum absolute atomic E-state index is 0.00271. The highest BCUT2D eigenvalue weighted by Gasteiger charge is 2.18. The minimum atomic E-state index is 0.00271. The lowest BCUT2D eigenvalue weighted by Crippen LogP contribution is -2.21. The maximum absolute atomic E-state index is 12.5. The largest absolute Gasteiger partial charge is 0.345 e. The molecule has 0 saturated heterocycles. The van der Waals surface area contributed by atoms with Gasteiger partial charge < -0.3 is 4.90 Å². The number of amides is 1. The number of nitrogens with zero attached hydrogens (tertiary/aromatic N) is 3. The Bertz CT molecular complexity index is 1120. The normalized spacial score (nSPS) is 10.8. The van der Waals surface area contributed by atoms with Crippen LogP contribution in [0.5, 0.6) is 0 Å². The van der Waals surface area contributed by atoms with E-state index in [-0.39, 0.29) is 11.8 Å². The summed E-state index contributed by atoms with van der Waals surface area (Å²) in [5.74, 6) is 0.137. The monoisotopic (exact) mass is 407 g/mol. The van der Waals surface area contributed by atoms with Crippen LogP contribution >= 0.6 is 0 Å². The highest BCUT2D eigenvalue weighted by Crippen LogP contribution is 2.32. The molecule has 0 unspecified atom stereocenters. The van der Waals surface area contributed by atoms with E-state index in [2.05, 4.69) is 46.4 Å². The van der Waals surface area contributed by atoms with Crippen molar-refractivity contribution < 1.29 is 4.79 Å². The number of hydrogen-bond acceptors (Lipinski definition) is 3. The van der Waals surface area contributed by atoms with E-state index in [1.807, 2.05) is 48.8 Å². The number of carbonyl (C=O) groups is 1. The minimum Gasteiger partial charge on any atom is -0.345 e. The van der Waals surface area contributed by atoms with Gasteiger partial charge >= 0.3 is 0 Å². The summed E-state index contributed by atoms with van der Waals surface area (Å²) in [5, 5.41) is 0. The van der Waals surface area contributed by atoms with Crippen LogP contribution < -0.4 is 0 Å². The Kier molecular flexibility index (Phi) is 6.18. The van der Waals surface area contributed by atoms with Crippen LogP contribution in [0.25, 0.3) is 11.1 Å². The van der Waals surface area contributed by atoms with Crippen LogP contribution in [0.2, 0.25) is 0 Å². The first kappa shape index (κ1) is 20.5. The fourth-order valence-corrected chi connectivity index (χ4v) is 3.87. The summed E-state index contributed by atoms with van der Waals surface area (Å²) in [6.07, 6.45) is 8.25. The first-order chi connectivity index (χ1) is 15.1. The van der Waals surface area contributed by atoms with Gasteiger partial charge in [-0.15, -0.1) is 0 Å². The van der Waals surface area contributed by atoms with Crippen LogP contribution in [-0.4, -0.2) is 34.9 Å². The van der Waals surface area contributed by atoms with Gasteiger partial charge in [-0.2, -0.15) is 0 Å². The Labute approximate surface area is 183 Å². The zero-order valence-corrected chi connectivity index (χ0v) is 17.8. The molecular weight excluding hydrogens is 382 g/mol. The van der Waals surface area contributed by atoms with Gasteiger partial charge in [-0.25, -0.2) is 0 Å². The second-order valence-corrected chi connectivity index (χ2v) is 7.77. The molecule has 2 heterocycles. The molecule has 4 aromatic rings. The van der Waals surface area contributed by atoms with Crippen LogP contribution in [0.15, 0.2) is 97.6 Å². The predicted octanol–water partition coefficient (Wildman–Crippen LogP) is 5.22. The molecule has 31 heavy (non-hydrogen) atoms. The summed E-state index contributed by atoms with van der Waals surface area (Å²) in [4.78, 5) is 22.8. The second kappa shape index (κ2) is 9.35. The lowest BCUT2D eigenvalue weighted by atomic mass is 9.85. The molecule has 154 valence electrons. The Hall–Kier alpha value is -3.79. The van der Waals surface area contributed by atoms with Crippen molar-refractivity contribution in [3.05, 3.63) is 120 Å². The third-order valence-corrected chi connectivity index (χ3v) is 5.44. The fraction of sp³-hybridized carbons (Fsp3) is 0.148. The van der Waals surface area contributed by atoms with Crippen molar-refractivity contribution in [2.24, 2.45) is 0 Å². The molecule has 0 atom stereocenters. The van der Waals surface area contributed by atoms with Crippen molar-refractivity contribution in [1.82, 2.24) is 14.9 Å². The van der Waals surface area contributed by atoms with E-state index in [1.165, 1.54) is 5.56 Å². The smallest absolute Gasteiger partial charge is 0.253 e. The highest BCUT2D eigenvalue weighted by molar-refractivity contribution is 5.95. The van der Waals surface area contributed by atoms with Crippen molar-refractivity contribution >= 4 is 5.91 Å². The number of aromatic nitrogens is 2. The zero-order valence-electron chi connectivity index (χ0n) is 17.8. The van der Waals surface area contributed by atoms with Gasteiger partial charge in [0.05, 0.1) is 0 Å². The van der Waals surface area contributed by atoms with Gasteiger partial charge in [0.15, 0.2) is 0 Å². The molecule has 4 rings (SSSR count). The van der Waals surface area contributed by atoms with Gasteiger partial charge in [0, 0.05) is 50.4 Å². The van der Waals surface area contributed by atoms with Crippen LogP contribution in [0.3, 0.4) is 0 Å². The Morgan fingerprint density at radius 3 is 2.13 bits per heavy atom. The summed E-state index contributed by atoms with van der Waals surface area (Å²) in [6.45, 7) is 0. The number of rotatable bonds is 6. The number of pyridine rings is 2. The molecule has 0 spiro atoms. The SMILES string of the molecule is CN(C)C(=O)c1cccc(-c2ccccc2CC(c2cccnc2)c2cccnc2)c1. The Balaban J connectivity index is 1.75. The van der Waals surface area contributed by atoms with E-state index in [0.29, 0.717) is 5.56 Å².